The van der Waals surface area contributed by atoms with Crippen LogP contribution in [0.5, 0.6) is 0 Å². The Morgan fingerprint density at radius 1 is 1.36 bits per heavy atom. The second-order valence-corrected chi connectivity index (χ2v) is 3.10. The topological polar surface area (TPSA) is 27.7 Å². The number of benzene rings is 1. The SMILES string of the molecule is CCOC1COC(c2ccccc2)O1. The van der Waals surface area contributed by atoms with Crippen LogP contribution in [0.25, 0.3) is 0 Å². The lowest BCUT2D eigenvalue weighted by Gasteiger charge is -2.10. The zero-order valence-corrected chi connectivity index (χ0v) is 8.18. The third-order valence-corrected chi connectivity index (χ3v) is 2.08. The normalized spacial score (nSPS) is 26.6. The molecule has 1 aromatic carbocycles. The van der Waals surface area contributed by atoms with E-state index in [1.165, 1.54) is 0 Å². The van der Waals surface area contributed by atoms with Gasteiger partial charge < -0.3 is 14.2 Å². The van der Waals surface area contributed by atoms with E-state index < -0.39 is 0 Å². The summed E-state index contributed by atoms with van der Waals surface area (Å²) < 4.78 is 16.3. The summed E-state index contributed by atoms with van der Waals surface area (Å²) >= 11 is 0. The zero-order valence-electron chi connectivity index (χ0n) is 8.18. The first kappa shape index (κ1) is 9.65. The van der Waals surface area contributed by atoms with Gasteiger partial charge in [-0.05, 0) is 6.92 Å². The Morgan fingerprint density at radius 3 is 2.86 bits per heavy atom. The maximum atomic E-state index is 5.54. The molecule has 14 heavy (non-hydrogen) atoms. The van der Waals surface area contributed by atoms with Crippen molar-refractivity contribution in [2.45, 2.75) is 19.5 Å². The third-order valence-electron chi connectivity index (χ3n) is 2.08. The fourth-order valence-electron chi connectivity index (χ4n) is 1.44. The van der Waals surface area contributed by atoms with E-state index in [0.29, 0.717) is 13.2 Å². The van der Waals surface area contributed by atoms with E-state index >= 15 is 0 Å². The van der Waals surface area contributed by atoms with Crippen molar-refractivity contribution in [1.82, 2.24) is 0 Å². The van der Waals surface area contributed by atoms with E-state index in [1.807, 2.05) is 37.3 Å². The van der Waals surface area contributed by atoms with Gasteiger partial charge in [0.15, 0.2) is 12.6 Å². The zero-order chi connectivity index (χ0) is 9.80. The van der Waals surface area contributed by atoms with Crippen LogP contribution in [0.15, 0.2) is 30.3 Å². The Morgan fingerprint density at radius 2 is 2.14 bits per heavy atom. The van der Waals surface area contributed by atoms with E-state index in [4.69, 9.17) is 14.2 Å². The predicted molar refractivity (Wildman–Crippen MR) is 51.6 cm³/mol. The molecule has 0 bridgehead atoms. The Labute approximate surface area is 83.6 Å². The number of ether oxygens (including phenoxy) is 3. The second kappa shape index (κ2) is 4.55. The monoisotopic (exact) mass is 194 g/mol. The van der Waals surface area contributed by atoms with Gasteiger partial charge in [0.1, 0.15) is 6.61 Å². The molecule has 2 unspecified atom stereocenters. The Kier molecular flexibility index (Phi) is 3.14. The first-order valence-electron chi connectivity index (χ1n) is 4.83. The summed E-state index contributed by atoms with van der Waals surface area (Å²) in [6.07, 6.45) is -0.488. The number of hydrogen-bond acceptors (Lipinski definition) is 3. The van der Waals surface area contributed by atoms with Crippen LogP contribution >= 0.6 is 0 Å². The van der Waals surface area contributed by atoms with Gasteiger partial charge in [-0.25, -0.2) is 0 Å². The third kappa shape index (κ3) is 2.12. The first-order chi connectivity index (χ1) is 6.90. The van der Waals surface area contributed by atoms with E-state index in [1.54, 1.807) is 0 Å². The lowest BCUT2D eigenvalue weighted by atomic mass is 10.2. The molecular formula is C11H14O3. The minimum Gasteiger partial charge on any atom is -0.350 e. The van der Waals surface area contributed by atoms with Gasteiger partial charge in [-0.2, -0.15) is 0 Å². The highest BCUT2D eigenvalue weighted by Crippen LogP contribution is 2.26. The van der Waals surface area contributed by atoms with Crippen molar-refractivity contribution in [3.63, 3.8) is 0 Å². The lowest BCUT2D eigenvalue weighted by molar-refractivity contribution is -0.143. The highest BCUT2D eigenvalue weighted by Gasteiger charge is 2.27. The molecule has 0 spiro atoms. The maximum Gasteiger partial charge on any atom is 0.187 e. The van der Waals surface area contributed by atoms with Crippen molar-refractivity contribution in [3.8, 4) is 0 Å². The van der Waals surface area contributed by atoms with Crippen LogP contribution in [-0.4, -0.2) is 19.5 Å². The summed E-state index contributed by atoms with van der Waals surface area (Å²) in [4.78, 5) is 0. The van der Waals surface area contributed by atoms with Crippen LogP contribution in [-0.2, 0) is 14.2 Å². The lowest BCUT2D eigenvalue weighted by Crippen LogP contribution is -2.14. The molecule has 1 aliphatic rings. The molecule has 3 heteroatoms. The van der Waals surface area contributed by atoms with Gasteiger partial charge in [0.2, 0.25) is 0 Å². The molecule has 0 radical (unpaired) electrons. The molecule has 2 rings (SSSR count). The minimum absolute atomic E-state index is 0.217. The summed E-state index contributed by atoms with van der Waals surface area (Å²) in [5, 5.41) is 0. The first-order valence-corrected chi connectivity index (χ1v) is 4.83. The van der Waals surface area contributed by atoms with Crippen LogP contribution in [0.1, 0.15) is 18.8 Å². The van der Waals surface area contributed by atoms with Gasteiger partial charge in [-0.1, -0.05) is 30.3 Å². The van der Waals surface area contributed by atoms with Crippen molar-refractivity contribution in [2.24, 2.45) is 0 Å². The largest absolute Gasteiger partial charge is 0.350 e. The summed E-state index contributed by atoms with van der Waals surface area (Å²) in [5.41, 5.74) is 1.04. The van der Waals surface area contributed by atoms with Gasteiger partial charge >= 0.3 is 0 Å². The average molecular weight is 194 g/mol. The molecule has 0 aromatic heterocycles. The predicted octanol–water partition coefficient (Wildman–Crippen LogP) is 2.09. The molecule has 3 nitrogen and oxygen atoms in total. The van der Waals surface area contributed by atoms with Gasteiger partial charge in [-0.15, -0.1) is 0 Å². The van der Waals surface area contributed by atoms with Crippen LogP contribution in [0.4, 0.5) is 0 Å². The number of hydrogen-bond donors (Lipinski definition) is 0. The molecule has 1 fully saturated rings. The van der Waals surface area contributed by atoms with Crippen LogP contribution in [0.2, 0.25) is 0 Å². The minimum atomic E-state index is -0.271. The van der Waals surface area contributed by atoms with E-state index in [2.05, 4.69) is 0 Å². The molecule has 1 aliphatic heterocycles. The van der Waals surface area contributed by atoms with Crippen molar-refractivity contribution in [1.29, 1.82) is 0 Å². The van der Waals surface area contributed by atoms with E-state index in [0.717, 1.165) is 5.56 Å². The molecule has 0 N–H and O–H groups in total. The Balaban J connectivity index is 1.96. The summed E-state index contributed by atoms with van der Waals surface area (Å²) in [7, 11) is 0. The number of rotatable bonds is 3. The molecule has 1 heterocycles. The molecule has 0 saturated carbocycles. The summed E-state index contributed by atoms with van der Waals surface area (Å²) in [5.74, 6) is 0. The molecule has 1 saturated heterocycles. The molecule has 2 atom stereocenters. The smallest absolute Gasteiger partial charge is 0.187 e. The Hall–Kier alpha value is -0.900. The van der Waals surface area contributed by atoms with Crippen molar-refractivity contribution in [2.75, 3.05) is 13.2 Å². The van der Waals surface area contributed by atoms with E-state index in [9.17, 15) is 0 Å². The fraction of sp³-hybridized carbons (Fsp3) is 0.455. The van der Waals surface area contributed by atoms with Crippen LogP contribution in [0.3, 0.4) is 0 Å². The van der Waals surface area contributed by atoms with Crippen molar-refractivity contribution >= 4 is 0 Å². The quantitative estimate of drug-likeness (QED) is 0.737. The van der Waals surface area contributed by atoms with Gasteiger partial charge in [0.25, 0.3) is 0 Å². The Bertz CT molecular complexity index is 273. The second-order valence-electron chi connectivity index (χ2n) is 3.10. The van der Waals surface area contributed by atoms with E-state index in [-0.39, 0.29) is 12.6 Å². The highest BCUT2D eigenvalue weighted by molar-refractivity contribution is 5.16. The van der Waals surface area contributed by atoms with Gasteiger partial charge in [-0.3, -0.25) is 0 Å². The molecule has 0 amide bonds. The molecular weight excluding hydrogens is 180 g/mol. The molecule has 76 valence electrons. The molecule has 1 aromatic rings. The average Bonchev–Trinajstić information content (AvgIpc) is 2.68. The molecule has 0 aliphatic carbocycles. The summed E-state index contributed by atoms with van der Waals surface area (Å²) in [6, 6.07) is 9.88. The van der Waals surface area contributed by atoms with Gasteiger partial charge in [0.05, 0.1) is 0 Å². The standard InChI is InChI=1S/C11H14O3/c1-2-12-10-8-13-11(14-10)9-6-4-3-5-7-9/h3-7,10-11H,2,8H2,1H3. The summed E-state index contributed by atoms with van der Waals surface area (Å²) in [6.45, 7) is 3.10. The van der Waals surface area contributed by atoms with Crippen molar-refractivity contribution < 1.29 is 14.2 Å². The maximum absolute atomic E-state index is 5.54. The fourth-order valence-corrected chi connectivity index (χ4v) is 1.44. The van der Waals surface area contributed by atoms with Crippen LogP contribution in [0, 0.1) is 0 Å². The van der Waals surface area contributed by atoms with Gasteiger partial charge in [0, 0.05) is 12.2 Å². The van der Waals surface area contributed by atoms with Crippen molar-refractivity contribution in [3.05, 3.63) is 35.9 Å². The highest BCUT2D eigenvalue weighted by atomic mass is 16.8. The van der Waals surface area contributed by atoms with Crippen LogP contribution < -0.4 is 0 Å².